The topological polar surface area (TPSA) is 32.3 Å². The first-order valence-electron chi connectivity index (χ1n) is 5.25. The lowest BCUT2D eigenvalue weighted by Gasteiger charge is -2.17. The molecule has 0 aliphatic carbocycles. The van der Waals surface area contributed by atoms with Gasteiger partial charge in [0.25, 0.3) is 0 Å². The predicted octanol–water partition coefficient (Wildman–Crippen LogP) is 1.77. The van der Waals surface area contributed by atoms with Gasteiger partial charge in [0, 0.05) is 11.8 Å². The van der Waals surface area contributed by atoms with Gasteiger partial charge < -0.3 is 5.32 Å². The van der Waals surface area contributed by atoms with Crippen molar-refractivity contribution in [3.05, 3.63) is 30.3 Å². The van der Waals surface area contributed by atoms with Crippen LogP contribution < -0.4 is 5.32 Å². The van der Waals surface area contributed by atoms with E-state index in [9.17, 15) is 4.79 Å². The monoisotopic (exact) mass is 205 g/mol. The number of amides is 1. The third-order valence-corrected chi connectivity index (χ3v) is 2.24. The van der Waals surface area contributed by atoms with E-state index in [2.05, 4.69) is 16.3 Å². The molecule has 3 heteroatoms. The number of para-hydroxylation sites is 1. The molecule has 81 valence electrons. The summed E-state index contributed by atoms with van der Waals surface area (Å²) in [6.45, 7) is 6.32. The van der Waals surface area contributed by atoms with E-state index in [0.29, 0.717) is 6.54 Å². The van der Waals surface area contributed by atoms with Crippen molar-refractivity contribution in [3.63, 3.8) is 0 Å². The molecule has 0 atom stereocenters. The van der Waals surface area contributed by atoms with Crippen LogP contribution in [0.1, 0.15) is 13.8 Å². The van der Waals surface area contributed by atoms with Crippen LogP contribution in [0.15, 0.2) is 24.3 Å². The molecule has 1 aromatic carbocycles. The highest BCUT2D eigenvalue weighted by Crippen LogP contribution is 2.03. The Balaban J connectivity index is 2.43. The fourth-order valence-corrected chi connectivity index (χ4v) is 1.31. The van der Waals surface area contributed by atoms with E-state index >= 15 is 0 Å². The first-order valence-corrected chi connectivity index (χ1v) is 5.25. The standard InChI is InChI=1S/C12H17N2O/c1-3-14(4-2)10-12(15)13-11-8-6-5-7-9-11/h5-8H,3-4,10H2,1-2H3,(H,13,15). The SMILES string of the molecule is CCN(CC)CC(=O)Nc1[c]cccc1. The molecule has 0 heterocycles. The Labute approximate surface area is 91.1 Å². The highest BCUT2D eigenvalue weighted by atomic mass is 16.2. The lowest BCUT2D eigenvalue weighted by Crippen LogP contribution is -2.32. The molecule has 1 rings (SSSR count). The van der Waals surface area contributed by atoms with E-state index in [-0.39, 0.29) is 5.91 Å². The smallest absolute Gasteiger partial charge is 0.238 e. The zero-order chi connectivity index (χ0) is 11.1. The van der Waals surface area contributed by atoms with Crippen LogP contribution in [0.4, 0.5) is 5.69 Å². The van der Waals surface area contributed by atoms with Gasteiger partial charge in [-0.1, -0.05) is 32.0 Å². The lowest BCUT2D eigenvalue weighted by atomic mass is 10.3. The Bertz CT molecular complexity index is 294. The van der Waals surface area contributed by atoms with Gasteiger partial charge in [0.2, 0.25) is 5.91 Å². The van der Waals surface area contributed by atoms with Crippen LogP contribution in [0.25, 0.3) is 0 Å². The zero-order valence-corrected chi connectivity index (χ0v) is 9.29. The molecule has 0 aliphatic heterocycles. The molecule has 0 aliphatic rings. The number of carbonyl (C=O) groups excluding carboxylic acids is 1. The van der Waals surface area contributed by atoms with E-state index in [4.69, 9.17) is 0 Å². The summed E-state index contributed by atoms with van der Waals surface area (Å²) in [7, 11) is 0. The molecule has 15 heavy (non-hydrogen) atoms. The van der Waals surface area contributed by atoms with Gasteiger partial charge in [-0.05, 0) is 19.2 Å². The molecule has 0 aromatic heterocycles. The number of carbonyl (C=O) groups is 1. The molecule has 0 bridgehead atoms. The van der Waals surface area contributed by atoms with Crippen LogP contribution in [-0.2, 0) is 4.79 Å². The van der Waals surface area contributed by atoms with Crippen molar-refractivity contribution in [3.8, 4) is 0 Å². The van der Waals surface area contributed by atoms with E-state index in [0.717, 1.165) is 18.8 Å². The van der Waals surface area contributed by atoms with Crippen LogP contribution in [0.3, 0.4) is 0 Å². The van der Waals surface area contributed by atoms with E-state index < -0.39 is 0 Å². The van der Waals surface area contributed by atoms with Gasteiger partial charge in [0.15, 0.2) is 0 Å². The van der Waals surface area contributed by atoms with Gasteiger partial charge in [-0.3, -0.25) is 9.69 Å². The molecular weight excluding hydrogens is 188 g/mol. The first-order chi connectivity index (χ1) is 7.26. The minimum absolute atomic E-state index is 0.0150. The van der Waals surface area contributed by atoms with Crippen molar-refractivity contribution >= 4 is 11.6 Å². The first kappa shape index (κ1) is 11.7. The number of hydrogen-bond acceptors (Lipinski definition) is 2. The van der Waals surface area contributed by atoms with E-state index in [1.165, 1.54) is 0 Å². The maximum Gasteiger partial charge on any atom is 0.238 e. The van der Waals surface area contributed by atoms with Crippen LogP contribution in [-0.4, -0.2) is 30.4 Å². The average molecular weight is 205 g/mol. The maximum atomic E-state index is 11.6. The Hall–Kier alpha value is -1.35. The summed E-state index contributed by atoms with van der Waals surface area (Å²) < 4.78 is 0. The maximum absolute atomic E-state index is 11.6. The second-order valence-electron chi connectivity index (χ2n) is 3.29. The third-order valence-electron chi connectivity index (χ3n) is 2.24. The summed E-state index contributed by atoms with van der Waals surface area (Å²) in [6, 6.07) is 10.3. The number of benzene rings is 1. The summed E-state index contributed by atoms with van der Waals surface area (Å²) in [5.74, 6) is 0.0150. The quantitative estimate of drug-likeness (QED) is 0.794. The molecule has 1 N–H and O–H groups in total. The molecular formula is C12H17N2O. The van der Waals surface area contributed by atoms with E-state index in [1.54, 1.807) is 6.07 Å². The minimum Gasteiger partial charge on any atom is -0.324 e. The van der Waals surface area contributed by atoms with Crippen molar-refractivity contribution in [2.24, 2.45) is 0 Å². The second kappa shape index (κ2) is 6.19. The van der Waals surface area contributed by atoms with Gasteiger partial charge in [0.1, 0.15) is 0 Å². The highest BCUT2D eigenvalue weighted by molar-refractivity contribution is 5.92. The summed E-state index contributed by atoms with van der Waals surface area (Å²) in [6.07, 6.45) is 0. The molecule has 3 nitrogen and oxygen atoms in total. The molecule has 0 unspecified atom stereocenters. The van der Waals surface area contributed by atoms with Crippen LogP contribution in [0.5, 0.6) is 0 Å². The van der Waals surface area contributed by atoms with Crippen LogP contribution in [0, 0.1) is 6.07 Å². The summed E-state index contributed by atoms with van der Waals surface area (Å²) in [5, 5.41) is 2.80. The third kappa shape index (κ3) is 4.13. The van der Waals surface area contributed by atoms with Crippen molar-refractivity contribution in [2.45, 2.75) is 13.8 Å². The number of nitrogens with zero attached hydrogens (tertiary/aromatic N) is 1. The molecule has 0 spiro atoms. The van der Waals surface area contributed by atoms with Gasteiger partial charge >= 0.3 is 0 Å². The van der Waals surface area contributed by atoms with Crippen molar-refractivity contribution < 1.29 is 4.79 Å². The van der Waals surface area contributed by atoms with E-state index in [1.807, 2.05) is 32.0 Å². The fourth-order valence-electron chi connectivity index (χ4n) is 1.31. The predicted molar refractivity (Wildman–Crippen MR) is 61.7 cm³/mol. The Morgan fingerprint density at radius 3 is 2.67 bits per heavy atom. The van der Waals surface area contributed by atoms with Crippen molar-refractivity contribution in [2.75, 3.05) is 25.0 Å². The number of rotatable bonds is 5. The largest absolute Gasteiger partial charge is 0.324 e. The van der Waals surface area contributed by atoms with Gasteiger partial charge in [-0.15, -0.1) is 0 Å². The molecule has 1 amide bonds. The number of nitrogens with one attached hydrogen (secondary N) is 1. The van der Waals surface area contributed by atoms with Gasteiger partial charge in [-0.25, -0.2) is 0 Å². The fraction of sp³-hybridized carbons (Fsp3) is 0.417. The molecule has 0 fully saturated rings. The summed E-state index contributed by atoms with van der Waals surface area (Å²) >= 11 is 0. The Morgan fingerprint density at radius 1 is 1.40 bits per heavy atom. The Morgan fingerprint density at radius 2 is 2.13 bits per heavy atom. The molecule has 1 aromatic rings. The van der Waals surface area contributed by atoms with Crippen LogP contribution >= 0.6 is 0 Å². The molecule has 0 saturated heterocycles. The minimum atomic E-state index is 0.0150. The number of likely N-dealkylation sites (N-methyl/N-ethyl adjacent to an activating group) is 1. The van der Waals surface area contributed by atoms with Gasteiger partial charge in [0.05, 0.1) is 6.54 Å². The zero-order valence-electron chi connectivity index (χ0n) is 9.29. The van der Waals surface area contributed by atoms with Crippen molar-refractivity contribution in [1.29, 1.82) is 0 Å². The number of hydrogen-bond donors (Lipinski definition) is 1. The summed E-state index contributed by atoms with van der Waals surface area (Å²) in [5.41, 5.74) is 0.731. The molecule has 1 radical (unpaired) electrons. The highest BCUT2D eigenvalue weighted by Gasteiger charge is 2.06. The van der Waals surface area contributed by atoms with Crippen molar-refractivity contribution in [1.82, 2.24) is 4.90 Å². The lowest BCUT2D eigenvalue weighted by molar-refractivity contribution is -0.117. The van der Waals surface area contributed by atoms with Gasteiger partial charge in [-0.2, -0.15) is 0 Å². The average Bonchev–Trinajstić information content (AvgIpc) is 2.27. The molecule has 0 saturated carbocycles. The number of anilines is 1. The summed E-state index contributed by atoms with van der Waals surface area (Å²) in [4.78, 5) is 13.6. The van der Waals surface area contributed by atoms with Crippen LogP contribution in [0.2, 0.25) is 0 Å². The normalized spacial score (nSPS) is 10.3. The Kier molecular flexibility index (Phi) is 4.84. The second-order valence-corrected chi connectivity index (χ2v) is 3.29.